The molecular weight excluding hydrogens is 218 g/mol. The fraction of sp³-hybridized carbons (Fsp3) is 0.667. The Bertz CT molecular complexity index is 365. The Kier molecular flexibility index (Phi) is 3.78. The smallest absolute Gasteiger partial charge is 0.225 e. The van der Waals surface area contributed by atoms with Gasteiger partial charge in [0.1, 0.15) is 0 Å². The molecule has 1 aromatic rings. The Morgan fingerprint density at radius 3 is 2.94 bits per heavy atom. The summed E-state index contributed by atoms with van der Waals surface area (Å²) in [6.07, 6.45) is 3.84. The highest BCUT2D eigenvalue weighted by Gasteiger charge is 2.27. The van der Waals surface area contributed by atoms with Crippen molar-refractivity contribution in [2.45, 2.75) is 19.8 Å². The van der Waals surface area contributed by atoms with Crippen LogP contribution in [0.4, 0.5) is 5.95 Å². The number of anilines is 1. The maximum absolute atomic E-state index is 5.37. The summed E-state index contributed by atoms with van der Waals surface area (Å²) in [6.45, 7) is 4.82. The van der Waals surface area contributed by atoms with E-state index >= 15 is 0 Å². The predicted molar refractivity (Wildman–Crippen MR) is 65.2 cm³/mol. The van der Waals surface area contributed by atoms with Gasteiger partial charge in [0.15, 0.2) is 0 Å². The lowest BCUT2D eigenvalue weighted by atomic mass is 9.82. The molecule has 0 atom stereocenters. The van der Waals surface area contributed by atoms with Crippen molar-refractivity contribution in [1.82, 2.24) is 9.97 Å². The SMILES string of the molecule is COc1ccnc(NCC2(C)CCOCC2)n1. The second-order valence-corrected chi connectivity index (χ2v) is 4.70. The molecule has 5 nitrogen and oxygen atoms in total. The zero-order chi connectivity index (χ0) is 12.1. The van der Waals surface area contributed by atoms with E-state index in [-0.39, 0.29) is 5.41 Å². The number of rotatable bonds is 4. The minimum Gasteiger partial charge on any atom is -0.481 e. The van der Waals surface area contributed by atoms with Crippen molar-refractivity contribution >= 4 is 5.95 Å². The molecule has 0 radical (unpaired) electrons. The van der Waals surface area contributed by atoms with E-state index < -0.39 is 0 Å². The number of methoxy groups -OCH3 is 1. The molecule has 1 aromatic heterocycles. The average Bonchev–Trinajstić information content (AvgIpc) is 2.38. The molecule has 0 unspecified atom stereocenters. The van der Waals surface area contributed by atoms with Crippen molar-refractivity contribution in [1.29, 1.82) is 0 Å². The van der Waals surface area contributed by atoms with E-state index in [1.165, 1.54) is 0 Å². The summed E-state index contributed by atoms with van der Waals surface area (Å²) in [5.41, 5.74) is 0.269. The molecule has 2 rings (SSSR count). The van der Waals surface area contributed by atoms with Gasteiger partial charge < -0.3 is 14.8 Å². The van der Waals surface area contributed by atoms with E-state index in [1.54, 1.807) is 19.4 Å². The van der Waals surface area contributed by atoms with Gasteiger partial charge in [0, 0.05) is 32.0 Å². The highest BCUT2D eigenvalue weighted by Crippen LogP contribution is 2.29. The van der Waals surface area contributed by atoms with Gasteiger partial charge in [-0.2, -0.15) is 4.98 Å². The summed E-state index contributed by atoms with van der Waals surface area (Å²) in [6, 6.07) is 1.74. The van der Waals surface area contributed by atoms with Crippen LogP contribution < -0.4 is 10.1 Å². The van der Waals surface area contributed by atoms with Crippen LogP contribution in [0.1, 0.15) is 19.8 Å². The van der Waals surface area contributed by atoms with Crippen molar-refractivity contribution in [3.63, 3.8) is 0 Å². The second-order valence-electron chi connectivity index (χ2n) is 4.70. The van der Waals surface area contributed by atoms with Crippen LogP contribution in [0.3, 0.4) is 0 Å². The molecule has 1 N–H and O–H groups in total. The van der Waals surface area contributed by atoms with Gasteiger partial charge in [0.05, 0.1) is 7.11 Å². The first-order valence-electron chi connectivity index (χ1n) is 5.90. The standard InChI is InChI=1S/C12H19N3O2/c1-12(4-7-17-8-5-12)9-14-11-13-6-3-10(15-11)16-2/h3,6H,4-5,7-9H2,1-2H3,(H,13,14,15). The Morgan fingerprint density at radius 2 is 2.24 bits per heavy atom. The van der Waals surface area contributed by atoms with Crippen LogP contribution in [0.15, 0.2) is 12.3 Å². The number of hydrogen-bond donors (Lipinski definition) is 1. The van der Waals surface area contributed by atoms with Gasteiger partial charge >= 0.3 is 0 Å². The summed E-state index contributed by atoms with van der Waals surface area (Å²) in [7, 11) is 1.60. The highest BCUT2D eigenvalue weighted by atomic mass is 16.5. The number of aromatic nitrogens is 2. The predicted octanol–water partition coefficient (Wildman–Crippen LogP) is 1.71. The second kappa shape index (κ2) is 5.31. The molecular formula is C12H19N3O2. The van der Waals surface area contributed by atoms with E-state index in [1.807, 2.05) is 0 Å². The zero-order valence-corrected chi connectivity index (χ0v) is 10.4. The largest absolute Gasteiger partial charge is 0.481 e. The molecule has 0 aromatic carbocycles. The average molecular weight is 237 g/mol. The minimum atomic E-state index is 0.269. The van der Waals surface area contributed by atoms with Crippen LogP contribution >= 0.6 is 0 Å². The molecule has 0 spiro atoms. The molecule has 1 fully saturated rings. The molecule has 0 saturated carbocycles. The fourth-order valence-corrected chi connectivity index (χ4v) is 1.87. The van der Waals surface area contributed by atoms with Crippen LogP contribution in [-0.2, 0) is 4.74 Å². The number of ether oxygens (including phenoxy) is 2. The topological polar surface area (TPSA) is 56.3 Å². The van der Waals surface area contributed by atoms with E-state index in [0.717, 1.165) is 32.6 Å². The molecule has 0 aliphatic carbocycles. The van der Waals surface area contributed by atoms with E-state index in [4.69, 9.17) is 9.47 Å². The van der Waals surface area contributed by atoms with Crippen LogP contribution in [0.2, 0.25) is 0 Å². The Hall–Kier alpha value is -1.36. The van der Waals surface area contributed by atoms with E-state index in [9.17, 15) is 0 Å². The normalized spacial score (nSPS) is 18.7. The lowest BCUT2D eigenvalue weighted by Gasteiger charge is -2.33. The van der Waals surface area contributed by atoms with Gasteiger partial charge in [-0.3, -0.25) is 0 Å². The van der Waals surface area contributed by atoms with Gasteiger partial charge in [-0.15, -0.1) is 0 Å². The fourth-order valence-electron chi connectivity index (χ4n) is 1.87. The highest BCUT2D eigenvalue weighted by molar-refractivity contribution is 5.27. The molecule has 5 heteroatoms. The zero-order valence-electron chi connectivity index (χ0n) is 10.4. The molecule has 1 aliphatic rings. The lowest BCUT2D eigenvalue weighted by Crippen LogP contribution is -2.33. The van der Waals surface area contributed by atoms with E-state index in [0.29, 0.717) is 11.8 Å². The first-order chi connectivity index (χ1) is 8.22. The summed E-state index contributed by atoms with van der Waals surface area (Å²) < 4.78 is 10.4. The third-order valence-corrected chi connectivity index (χ3v) is 3.21. The lowest BCUT2D eigenvalue weighted by molar-refractivity contribution is 0.0299. The summed E-state index contributed by atoms with van der Waals surface area (Å²) >= 11 is 0. The number of hydrogen-bond acceptors (Lipinski definition) is 5. The number of nitrogens with zero attached hydrogens (tertiary/aromatic N) is 2. The quantitative estimate of drug-likeness (QED) is 0.864. The van der Waals surface area contributed by atoms with Gasteiger partial charge in [0.2, 0.25) is 11.8 Å². The Labute approximate surface area is 102 Å². The maximum Gasteiger partial charge on any atom is 0.225 e. The van der Waals surface area contributed by atoms with Crippen LogP contribution in [0.25, 0.3) is 0 Å². The third-order valence-electron chi connectivity index (χ3n) is 3.21. The monoisotopic (exact) mass is 237 g/mol. The van der Waals surface area contributed by atoms with Gasteiger partial charge in [-0.05, 0) is 18.3 Å². The molecule has 1 aliphatic heterocycles. The van der Waals surface area contributed by atoms with Gasteiger partial charge in [0.25, 0.3) is 0 Å². The van der Waals surface area contributed by atoms with Crippen LogP contribution in [0.5, 0.6) is 5.88 Å². The van der Waals surface area contributed by atoms with Crippen molar-refractivity contribution in [2.24, 2.45) is 5.41 Å². The van der Waals surface area contributed by atoms with Crippen molar-refractivity contribution in [3.05, 3.63) is 12.3 Å². The maximum atomic E-state index is 5.37. The third kappa shape index (κ3) is 3.30. The minimum absolute atomic E-state index is 0.269. The summed E-state index contributed by atoms with van der Waals surface area (Å²) in [5.74, 6) is 1.21. The molecule has 94 valence electrons. The van der Waals surface area contributed by atoms with Crippen molar-refractivity contribution in [2.75, 3.05) is 32.2 Å². The summed E-state index contributed by atoms with van der Waals surface area (Å²) in [4.78, 5) is 8.40. The first-order valence-corrected chi connectivity index (χ1v) is 5.90. The number of nitrogens with one attached hydrogen (secondary N) is 1. The van der Waals surface area contributed by atoms with E-state index in [2.05, 4.69) is 22.2 Å². The van der Waals surface area contributed by atoms with Crippen molar-refractivity contribution in [3.8, 4) is 5.88 Å². The van der Waals surface area contributed by atoms with Crippen LogP contribution in [-0.4, -0.2) is 36.8 Å². The first kappa shape index (κ1) is 12.1. The van der Waals surface area contributed by atoms with Gasteiger partial charge in [-0.1, -0.05) is 6.92 Å². The van der Waals surface area contributed by atoms with Gasteiger partial charge in [-0.25, -0.2) is 4.98 Å². The molecule has 0 amide bonds. The molecule has 2 heterocycles. The van der Waals surface area contributed by atoms with Crippen LogP contribution in [0, 0.1) is 5.41 Å². The Morgan fingerprint density at radius 1 is 1.47 bits per heavy atom. The summed E-state index contributed by atoms with van der Waals surface area (Å²) in [5, 5.41) is 3.27. The molecule has 0 bridgehead atoms. The van der Waals surface area contributed by atoms with Crippen molar-refractivity contribution < 1.29 is 9.47 Å². The molecule has 17 heavy (non-hydrogen) atoms. The molecule has 1 saturated heterocycles. The Balaban J connectivity index is 1.92.